The van der Waals surface area contributed by atoms with Gasteiger partial charge in [0, 0.05) is 5.56 Å². The van der Waals surface area contributed by atoms with Crippen molar-refractivity contribution < 1.29 is 13.2 Å². The van der Waals surface area contributed by atoms with E-state index in [2.05, 4.69) is 0 Å². The van der Waals surface area contributed by atoms with Crippen LogP contribution in [-0.4, -0.2) is 20.6 Å². The number of hydrogen-bond donors (Lipinski definition) is 1. The van der Waals surface area contributed by atoms with E-state index in [0.29, 0.717) is 16.8 Å². The zero-order chi connectivity index (χ0) is 15.2. The minimum atomic E-state index is -3.76. The molecular formula is C15H14N2O3S. The first-order valence-electron chi connectivity index (χ1n) is 6.39. The van der Waals surface area contributed by atoms with E-state index in [-0.39, 0.29) is 0 Å². The maximum absolute atomic E-state index is 12.5. The molecule has 1 heterocycles. The number of para-hydroxylation sites is 1. The van der Waals surface area contributed by atoms with Crippen LogP contribution >= 0.6 is 0 Å². The maximum Gasteiger partial charge on any atom is 0.262 e. The van der Waals surface area contributed by atoms with Gasteiger partial charge in [0.15, 0.2) is 0 Å². The lowest BCUT2D eigenvalue weighted by Crippen LogP contribution is -2.41. The summed E-state index contributed by atoms with van der Waals surface area (Å²) in [5.74, 6) is -0.644. The summed E-state index contributed by atoms with van der Waals surface area (Å²) in [4.78, 5) is 12.5. The smallest absolute Gasteiger partial charge is 0.262 e. The summed E-state index contributed by atoms with van der Waals surface area (Å²) < 4.78 is 24.9. The summed E-state index contributed by atoms with van der Waals surface area (Å²) in [7, 11) is -3.76. The number of fused-ring (bicyclic) bond motifs is 3. The molecule has 0 bridgehead atoms. The lowest BCUT2D eigenvalue weighted by atomic mass is 9.96. The van der Waals surface area contributed by atoms with Crippen LogP contribution in [0.2, 0.25) is 0 Å². The molecule has 0 fully saturated rings. The van der Waals surface area contributed by atoms with Crippen molar-refractivity contribution >= 4 is 21.6 Å². The Bertz CT molecular complexity index is 830. The van der Waals surface area contributed by atoms with E-state index in [4.69, 9.17) is 5.73 Å². The molecule has 1 aliphatic rings. The molecule has 5 nitrogen and oxygen atoms in total. The third-order valence-corrected chi connectivity index (χ3v) is 4.55. The Morgan fingerprint density at radius 2 is 1.57 bits per heavy atom. The zero-order valence-electron chi connectivity index (χ0n) is 11.4. The van der Waals surface area contributed by atoms with Gasteiger partial charge in [-0.25, -0.2) is 12.7 Å². The van der Waals surface area contributed by atoms with Crippen molar-refractivity contribution in [3.05, 3.63) is 54.1 Å². The van der Waals surface area contributed by atoms with Gasteiger partial charge in [0.25, 0.3) is 5.91 Å². The normalized spacial score (nSPS) is 17.9. The summed E-state index contributed by atoms with van der Waals surface area (Å²) in [5, 5.41) is 0. The largest absolute Gasteiger partial charge is 0.316 e. The first kappa shape index (κ1) is 13.8. The van der Waals surface area contributed by atoms with Gasteiger partial charge in [0.1, 0.15) is 6.04 Å². The SMILES string of the molecule is CS(=O)(=O)N1C(=O)[C@@H](N)c2ccccc2-c2ccccc21. The molecule has 2 aromatic carbocycles. The van der Waals surface area contributed by atoms with Crippen LogP contribution in [0.5, 0.6) is 0 Å². The van der Waals surface area contributed by atoms with Gasteiger partial charge in [0.05, 0.1) is 11.9 Å². The van der Waals surface area contributed by atoms with Gasteiger partial charge in [-0.15, -0.1) is 0 Å². The van der Waals surface area contributed by atoms with E-state index in [9.17, 15) is 13.2 Å². The molecule has 0 aromatic heterocycles. The van der Waals surface area contributed by atoms with Crippen molar-refractivity contribution in [1.82, 2.24) is 0 Å². The summed E-state index contributed by atoms with van der Waals surface area (Å²) in [6, 6.07) is 13.1. The first-order valence-corrected chi connectivity index (χ1v) is 8.24. The third kappa shape index (κ3) is 2.12. The highest BCUT2D eigenvalue weighted by atomic mass is 32.2. The van der Waals surface area contributed by atoms with Gasteiger partial charge in [0.2, 0.25) is 10.0 Å². The molecule has 0 unspecified atom stereocenters. The molecule has 6 heteroatoms. The second-order valence-electron chi connectivity index (χ2n) is 4.95. The van der Waals surface area contributed by atoms with Gasteiger partial charge < -0.3 is 5.73 Å². The number of sulfonamides is 1. The Hall–Kier alpha value is -2.18. The van der Waals surface area contributed by atoms with Crippen LogP contribution in [0.3, 0.4) is 0 Å². The molecule has 2 N–H and O–H groups in total. The highest BCUT2D eigenvalue weighted by Gasteiger charge is 2.36. The summed E-state index contributed by atoms with van der Waals surface area (Å²) in [5.41, 5.74) is 8.42. The van der Waals surface area contributed by atoms with Crippen molar-refractivity contribution in [3.8, 4) is 11.1 Å². The lowest BCUT2D eigenvalue weighted by molar-refractivity contribution is -0.118. The molecule has 0 aliphatic carbocycles. The van der Waals surface area contributed by atoms with Crippen LogP contribution in [0.4, 0.5) is 5.69 Å². The van der Waals surface area contributed by atoms with E-state index in [1.807, 2.05) is 12.1 Å². The van der Waals surface area contributed by atoms with E-state index < -0.39 is 22.0 Å². The number of amides is 1. The van der Waals surface area contributed by atoms with E-state index in [0.717, 1.165) is 16.1 Å². The van der Waals surface area contributed by atoms with Gasteiger partial charge >= 0.3 is 0 Å². The van der Waals surface area contributed by atoms with Gasteiger partial charge in [-0.2, -0.15) is 0 Å². The number of hydrogen-bond acceptors (Lipinski definition) is 4. The molecule has 0 saturated heterocycles. The molecular weight excluding hydrogens is 288 g/mol. The Morgan fingerprint density at radius 1 is 1.00 bits per heavy atom. The van der Waals surface area contributed by atoms with Crippen molar-refractivity contribution in [2.45, 2.75) is 6.04 Å². The molecule has 1 aliphatic heterocycles. The average Bonchev–Trinajstić information content (AvgIpc) is 2.54. The van der Waals surface area contributed by atoms with Crippen LogP contribution in [0.1, 0.15) is 11.6 Å². The fraction of sp³-hybridized carbons (Fsp3) is 0.133. The van der Waals surface area contributed by atoms with Crippen molar-refractivity contribution in [2.24, 2.45) is 5.73 Å². The van der Waals surface area contributed by atoms with Gasteiger partial charge in [-0.1, -0.05) is 42.5 Å². The third-order valence-electron chi connectivity index (χ3n) is 3.51. The molecule has 0 spiro atoms. The predicted molar refractivity (Wildman–Crippen MR) is 81.1 cm³/mol. The number of anilines is 1. The van der Waals surface area contributed by atoms with Crippen LogP contribution in [0, 0.1) is 0 Å². The molecule has 0 saturated carbocycles. The average molecular weight is 302 g/mol. The minimum Gasteiger partial charge on any atom is -0.316 e. The highest BCUT2D eigenvalue weighted by molar-refractivity contribution is 7.92. The summed E-state index contributed by atoms with van der Waals surface area (Å²) in [6.07, 6.45) is 1.00. The quantitative estimate of drug-likeness (QED) is 0.868. The second kappa shape index (κ2) is 4.68. The highest BCUT2D eigenvalue weighted by Crippen LogP contribution is 2.40. The number of carbonyl (C=O) groups excluding carboxylic acids is 1. The number of rotatable bonds is 1. The lowest BCUT2D eigenvalue weighted by Gasteiger charge is -2.22. The van der Waals surface area contributed by atoms with E-state index in [1.54, 1.807) is 36.4 Å². The first-order chi connectivity index (χ1) is 9.91. The standard InChI is InChI=1S/C15H14N2O3S/c1-21(19,20)17-13-9-5-4-7-11(13)10-6-2-3-8-12(10)14(16)15(17)18/h2-9,14H,16H2,1H3/t14-/m0/s1. The van der Waals surface area contributed by atoms with Crippen molar-refractivity contribution in [3.63, 3.8) is 0 Å². The molecule has 108 valence electrons. The molecule has 2 aromatic rings. The zero-order valence-corrected chi connectivity index (χ0v) is 12.2. The summed E-state index contributed by atoms with van der Waals surface area (Å²) in [6.45, 7) is 0. The monoisotopic (exact) mass is 302 g/mol. The molecule has 1 amide bonds. The number of nitrogens with two attached hydrogens (primary N) is 1. The number of nitrogens with zero attached hydrogens (tertiary/aromatic N) is 1. The minimum absolute atomic E-state index is 0.338. The Morgan fingerprint density at radius 3 is 2.24 bits per heavy atom. The maximum atomic E-state index is 12.5. The van der Waals surface area contributed by atoms with Crippen LogP contribution in [0.15, 0.2) is 48.5 Å². The second-order valence-corrected chi connectivity index (χ2v) is 6.78. The van der Waals surface area contributed by atoms with Gasteiger partial charge in [-0.3, -0.25) is 4.79 Å². The van der Waals surface area contributed by atoms with E-state index >= 15 is 0 Å². The number of benzene rings is 2. The van der Waals surface area contributed by atoms with Crippen LogP contribution in [-0.2, 0) is 14.8 Å². The van der Waals surface area contributed by atoms with Crippen LogP contribution < -0.4 is 10.0 Å². The fourth-order valence-corrected chi connectivity index (χ4v) is 3.57. The Kier molecular flexibility index (Phi) is 3.07. The van der Waals surface area contributed by atoms with Gasteiger partial charge in [-0.05, 0) is 17.2 Å². The molecule has 3 rings (SSSR count). The Labute approximate surface area is 123 Å². The predicted octanol–water partition coefficient (Wildman–Crippen LogP) is 1.66. The molecule has 21 heavy (non-hydrogen) atoms. The topological polar surface area (TPSA) is 80.5 Å². The van der Waals surface area contributed by atoms with E-state index in [1.165, 1.54) is 0 Å². The summed E-state index contributed by atoms with van der Waals surface area (Å²) >= 11 is 0. The van der Waals surface area contributed by atoms with Crippen molar-refractivity contribution in [2.75, 3.05) is 10.6 Å². The number of carbonyl (C=O) groups is 1. The van der Waals surface area contributed by atoms with Crippen LogP contribution in [0.25, 0.3) is 11.1 Å². The van der Waals surface area contributed by atoms with Crippen molar-refractivity contribution in [1.29, 1.82) is 0 Å². The molecule has 0 radical (unpaired) electrons. The molecule has 1 atom stereocenters. The fourth-order valence-electron chi connectivity index (χ4n) is 2.61. The Balaban J connectivity index is 2.41.